The molecule has 0 spiro atoms. The topological polar surface area (TPSA) is 118 Å². The quantitative estimate of drug-likeness (QED) is 0.135. The van der Waals surface area contributed by atoms with Gasteiger partial charge in [0.25, 0.3) is 10.1 Å². The molecule has 42 heavy (non-hydrogen) atoms. The smallest absolute Gasteiger partial charge is 0.419 e. The zero-order chi connectivity index (χ0) is 30.2. The number of carbonyl (C=O) groups is 1. The molecule has 0 radical (unpaired) electrons. The fraction of sp³-hybridized carbons (Fsp3) is 0.344. The monoisotopic (exact) mass is 590 g/mol. The molecule has 3 atom stereocenters. The number of hydrogen-bond donors (Lipinski definition) is 0. The predicted molar refractivity (Wildman–Crippen MR) is 159 cm³/mol. The molecule has 0 saturated carbocycles. The molecule has 1 aliphatic rings. The number of aromatic nitrogens is 1. The number of ether oxygens (including phenoxy) is 1. The molecule has 9 nitrogen and oxygen atoms in total. The summed E-state index contributed by atoms with van der Waals surface area (Å²) < 4.78 is 38.6. The van der Waals surface area contributed by atoms with Gasteiger partial charge in [0.15, 0.2) is 0 Å². The number of benzene rings is 3. The van der Waals surface area contributed by atoms with Crippen molar-refractivity contribution < 1.29 is 27.1 Å². The highest BCUT2D eigenvalue weighted by Crippen LogP contribution is 2.47. The van der Waals surface area contributed by atoms with Crippen LogP contribution in [-0.4, -0.2) is 42.3 Å². The maximum atomic E-state index is 13.6. The zero-order valence-electron chi connectivity index (χ0n) is 24.0. The third kappa shape index (κ3) is 5.82. The summed E-state index contributed by atoms with van der Waals surface area (Å²) in [6.07, 6.45) is -0.281. The zero-order valence-corrected chi connectivity index (χ0v) is 24.8. The molecule has 0 amide bonds. The van der Waals surface area contributed by atoms with Gasteiger partial charge in [0.05, 0.1) is 28.9 Å². The highest BCUT2D eigenvalue weighted by atomic mass is 32.2. The Kier molecular flexibility index (Phi) is 7.96. The lowest BCUT2D eigenvalue weighted by Crippen LogP contribution is -2.40. The lowest BCUT2D eigenvalue weighted by molar-refractivity contribution is -0.532. The number of aryl methyl sites for hydroxylation is 1. The second kappa shape index (κ2) is 11.3. The van der Waals surface area contributed by atoms with E-state index in [0.717, 1.165) is 11.1 Å². The molecule has 1 heterocycles. The van der Waals surface area contributed by atoms with Gasteiger partial charge >= 0.3 is 6.09 Å². The van der Waals surface area contributed by atoms with Gasteiger partial charge in [-0.3, -0.25) is 14.3 Å². The van der Waals surface area contributed by atoms with Crippen molar-refractivity contribution in [3.8, 4) is 0 Å². The fourth-order valence-electron chi connectivity index (χ4n) is 5.91. The molecule has 4 aromatic rings. The number of rotatable bonds is 7. The summed E-state index contributed by atoms with van der Waals surface area (Å²) in [4.78, 5) is 26.1. The SMILES string of the molecule is Cc1ccc(S(=O)(=O)OCC[C@H]2c3c(n(C(=O)OC(C)(C)C)c4ccccc34)C[C@@H](c3ccccc3)[C@@H]2[N+](=O)[O-])cc1. The van der Waals surface area contributed by atoms with Crippen LogP contribution in [0, 0.1) is 17.0 Å². The van der Waals surface area contributed by atoms with Gasteiger partial charge in [-0.2, -0.15) is 8.42 Å². The van der Waals surface area contributed by atoms with Gasteiger partial charge in [-0.25, -0.2) is 9.36 Å². The van der Waals surface area contributed by atoms with Crippen molar-refractivity contribution in [3.05, 3.63) is 111 Å². The number of para-hydroxylation sites is 1. The van der Waals surface area contributed by atoms with Crippen LogP contribution in [0.2, 0.25) is 0 Å². The van der Waals surface area contributed by atoms with Crippen molar-refractivity contribution in [1.29, 1.82) is 0 Å². The predicted octanol–water partition coefficient (Wildman–Crippen LogP) is 6.60. The van der Waals surface area contributed by atoms with Crippen LogP contribution in [0.1, 0.15) is 61.4 Å². The van der Waals surface area contributed by atoms with Crippen LogP contribution < -0.4 is 0 Å². The van der Waals surface area contributed by atoms with Crippen LogP contribution in [-0.2, 0) is 25.5 Å². The maximum Gasteiger partial charge on any atom is 0.419 e. The van der Waals surface area contributed by atoms with Crippen LogP contribution in [0.4, 0.5) is 4.79 Å². The highest BCUT2D eigenvalue weighted by Gasteiger charge is 2.48. The number of carbonyl (C=O) groups excluding carboxylic acids is 1. The number of fused-ring (bicyclic) bond motifs is 3. The highest BCUT2D eigenvalue weighted by molar-refractivity contribution is 7.86. The molecule has 0 aliphatic heterocycles. The van der Waals surface area contributed by atoms with Crippen molar-refractivity contribution in [2.75, 3.05) is 6.61 Å². The van der Waals surface area contributed by atoms with Crippen molar-refractivity contribution in [2.45, 2.75) is 68.9 Å². The molecule has 220 valence electrons. The largest absolute Gasteiger partial charge is 0.443 e. The molecule has 0 bridgehead atoms. The van der Waals surface area contributed by atoms with E-state index >= 15 is 0 Å². The summed E-state index contributed by atoms with van der Waals surface area (Å²) in [6.45, 7) is 6.94. The summed E-state index contributed by atoms with van der Waals surface area (Å²) >= 11 is 0. The van der Waals surface area contributed by atoms with E-state index in [0.29, 0.717) is 22.2 Å². The number of hydrogen-bond acceptors (Lipinski definition) is 7. The Morgan fingerprint density at radius 3 is 2.29 bits per heavy atom. The van der Waals surface area contributed by atoms with E-state index in [4.69, 9.17) is 8.92 Å². The summed E-state index contributed by atoms with van der Waals surface area (Å²) in [6, 6.07) is 21.7. The van der Waals surface area contributed by atoms with Crippen LogP contribution >= 0.6 is 0 Å². The van der Waals surface area contributed by atoms with Gasteiger partial charge in [0, 0.05) is 22.4 Å². The lowest BCUT2D eigenvalue weighted by atomic mass is 9.71. The Hall–Kier alpha value is -4.02. The van der Waals surface area contributed by atoms with Gasteiger partial charge in [0.1, 0.15) is 5.60 Å². The first kappa shape index (κ1) is 29.5. The van der Waals surface area contributed by atoms with E-state index in [1.807, 2.05) is 49.4 Å². The molecule has 1 aliphatic carbocycles. The second-order valence-electron chi connectivity index (χ2n) is 11.7. The summed E-state index contributed by atoms with van der Waals surface area (Å²) in [7, 11) is -4.08. The van der Waals surface area contributed by atoms with Crippen molar-refractivity contribution in [3.63, 3.8) is 0 Å². The second-order valence-corrected chi connectivity index (χ2v) is 13.3. The number of nitro groups is 1. The Morgan fingerprint density at radius 1 is 1.00 bits per heavy atom. The van der Waals surface area contributed by atoms with E-state index < -0.39 is 39.7 Å². The van der Waals surface area contributed by atoms with E-state index in [1.165, 1.54) is 16.7 Å². The standard InChI is InChI=1S/C32H34N2O7S/c1-21-14-16-23(17-15-21)42(38,39)40-19-18-25-29-24-12-8-9-13-27(24)33(31(35)41-32(2,3)4)28(29)20-26(30(25)34(36)37)22-10-6-5-7-11-22/h5-17,25-26,30H,18-20H2,1-4H3/t25-,26-,30+/m0/s1. The first-order valence-electron chi connectivity index (χ1n) is 13.9. The summed E-state index contributed by atoms with van der Waals surface area (Å²) in [5.74, 6) is -1.31. The number of nitrogens with zero attached hydrogens (tertiary/aromatic N) is 2. The summed E-state index contributed by atoms with van der Waals surface area (Å²) in [5.41, 5.74) is 2.79. The fourth-order valence-corrected chi connectivity index (χ4v) is 6.83. The Balaban J connectivity index is 1.62. The molecule has 5 rings (SSSR count). The van der Waals surface area contributed by atoms with Crippen molar-refractivity contribution in [1.82, 2.24) is 4.57 Å². The Bertz CT molecular complexity index is 1720. The van der Waals surface area contributed by atoms with Crippen molar-refractivity contribution in [2.24, 2.45) is 0 Å². The molecular formula is C32H34N2O7S. The van der Waals surface area contributed by atoms with E-state index in [-0.39, 0.29) is 29.3 Å². The van der Waals surface area contributed by atoms with E-state index in [1.54, 1.807) is 45.0 Å². The Morgan fingerprint density at radius 2 is 1.64 bits per heavy atom. The normalized spacial score (nSPS) is 18.9. The third-order valence-corrected chi connectivity index (χ3v) is 8.98. The molecule has 10 heteroatoms. The minimum Gasteiger partial charge on any atom is -0.443 e. The first-order valence-corrected chi connectivity index (χ1v) is 15.3. The molecule has 3 aromatic carbocycles. The van der Waals surface area contributed by atoms with Crippen LogP contribution in [0.15, 0.2) is 83.8 Å². The summed E-state index contributed by atoms with van der Waals surface area (Å²) in [5, 5.41) is 13.5. The van der Waals surface area contributed by atoms with E-state index in [2.05, 4.69) is 0 Å². The molecular weight excluding hydrogens is 556 g/mol. The third-order valence-electron chi connectivity index (χ3n) is 7.65. The van der Waals surface area contributed by atoms with Crippen LogP contribution in [0.5, 0.6) is 0 Å². The average molecular weight is 591 g/mol. The molecule has 1 aromatic heterocycles. The molecule has 0 N–H and O–H groups in total. The van der Waals surface area contributed by atoms with Gasteiger partial charge < -0.3 is 4.74 Å². The molecule has 0 fully saturated rings. The van der Waals surface area contributed by atoms with Crippen LogP contribution in [0.25, 0.3) is 10.9 Å². The minimum absolute atomic E-state index is 0.0203. The lowest BCUT2D eigenvalue weighted by Gasteiger charge is -2.34. The molecule has 0 saturated heterocycles. The van der Waals surface area contributed by atoms with Gasteiger partial charge in [0.2, 0.25) is 6.04 Å². The first-order chi connectivity index (χ1) is 19.9. The van der Waals surface area contributed by atoms with Crippen molar-refractivity contribution >= 4 is 27.1 Å². The van der Waals surface area contributed by atoms with Gasteiger partial charge in [-0.05, 0) is 63.4 Å². The van der Waals surface area contributed by atoms with E-state index in [9.17, 15) is 23.3 Å². The molecule has 0 unspecified atom stereocenters. The van der Waals surface area contributed by atoms with Crippen LogP contribution in [0.3, 0.4) is 0 Å². The maximum absolute atomic E-state index is 13.6. The van der Waals surface area contributed by atoms with Gasteiger partial charge in [-0.1, -0.05) is 66.2 Å². The Labute approximate surface area is 245 Å². The average Bonchev–Trinajstić information content (AvgIpc) is 3.26. The minimum atomic E-state index is -4.08. The van der Waals surface area contributed by atoms with Gasteiger partial charge in [-0.15, -0.1) is 0 Å².